The van der Waals surface area contributed by atoms with E-state index in [1.54, 1.807) is 11.3 Å². The van der Waals surface area contributed by atoms with Crippen molar-refractivity contribution in [3.63, 3.8) is 0 Å². The molecule has 0 saturated heterocycles. The summed E-state index contributed by atoms with van der Waals surface area (Å²) in [7, 11) is 0. The third-order valence-electron chi connectivity index (χ3n) is 3.51. The summed E-state index contributed by atoms with van der Waals surface area (Å²) in [6, 6.07) is 3.88. The average molecular weight is 275 g/mol. The van der Waals surface area contributed by atoms with Crippen molar-refractivity contribution in [1.29, 1.82) is 0 Å². The van der Waals surface area contributed by atoms with Gasteiger partial charge in [-0.15, -0.1) is 11.3 Å². The molecule has 1 fully saturated rings. The Balaban J connectivity index is 2.03. The molecule has 17 heavy (non-hydrogen) atoms. The first-order valence-electron chi connectivity index (χ1n) is 6.22. The molecule has 1 N–H and O–H groups in total. The summed E-state index contributed by atoms with van der Waals surface area (Å²) in [6.07, 6.45) is 4.49. The molecule has 1 heterocycles. The molecule has 0 spiro atoms. The highest BCUT2D eigenvalue weighted by molar-refractivity contribution is 7.16. The monoisotopic (exact) mass is 274 g/mol. The van der Waals surface area contributed by atoms with Gasteiger partial charge in [0.05, 0.1) is 16.0 Å². The second-order valence-electron chi connectivity index (χ2n) is 4.63. The predicted octanol–water partition coefficient (Wildman–Crippen LogP) is 3.65. The van der Waals surface area contributed by atoms with Gasteiger partial charge in [-0.3, -0.25) is 0 Å². The summed E-state index contributed by atoms with van der Waals surface area (Å²) >= 11 is 7.45. The SMILES string of the molecule is CCOC1(C(O)Cc2ccc(Cl)s2)CCCC1. The number of hydrogen-bond donors (Lipinski definition) is 1. The van der Waals surface area contributed by atoms with E-state index in [9.17, 15) is 5.11 Å². The maximum Gasteiger partial charge on any atom is 0.0943 e. The van der Waals surface area contributed by atoms with Gasteiger partial charge < -0.3 is 9.84 Å². The number of ether oxygens (including phenoxy) is 1. The fourth-order valence-electron chi connectivity index (χ4n) is 2.67. The molecule has 0 radical (unpaired) electrons. The molecule has 1 aromatic rings. The Bertz CT molecular complexity index is 358. The van der Waals surface area contributed by atoms with Crippen LogP contribution in [0.1, 0.15) is 37.5 Å². The molecule has 0 bridgehead atoms. The highest BCUT2D eigenvalue weighted by Gasteiger charge is 2.41. The molecule has 0 aromatic carbocycles. The predicted molar refractivity (Wildman–Crippen MR) is 71.9 cm³/mol. The molecular weight excluding hydrogens is 256 g/mol. The lowest BCUT2D eigenvalue weighted by atomic mass is 9.91. The van der Waals surface area contributed by atoms with Crippen molar-refractivity contribution in [3.05, 3.63) is 21.3 Å². The van der Waals surface area contributed by atoms with Crippen LogP contribution in [-0.2, 0) is 11.2 Å². The van der Waals surface area contributed by atoms with Gasteiger partial charge in [0.1, 0.15) is 0 Å². The zero-order valence-corrected chi connectivity index (χ0v) is 11.7. The number of aliphatic hydroxyl groups excluding tert-OH is 1. The Morgan fingerprint density at radius 3 is 2.71 bits per heavy atom. The summed E-state index contributed by atoms with van der Waals surface area (Å²) in [6.45, 7) is 2.66. The molecule has 96 valence electrons. The average Bonchev–Trinajstić information content (AvgIpc) is 2.89. The number of aliphatic hydroxyl groups is 1. The number of rotatable bonds is 5. The standard InChI is InChI=1S/C13H19ClO2S/c1-2-16-13(7-3-4-8-13)11(15)9-10-5-6-12(14)17-10/h5-6,11,15H,2-4,7-9H2,1H3. The highest BCUT2D eigenvalue weighted by atomic mass is 35.5. The molecule has 1 aliphatic carbocycles. The van der Waals surface area contributed by atoms with Gasteiger partial charge in [0.15, 0.2) is 0 Å². The summed E-state index contributed by atoms with van der Waals surface area (Å²) in [5, 5.41) is 10.4. The molecule has 0 amide bonds. The van der Waals surface area contributed by atoms with Crippen molar-refractivity contribution in [2.24, 2.45) is 0 Å². The minimum atomic E-state index is -0.417. The van der Waals surface area contributed by atoms with E-state index in [1.807, 2.05) is 19.1 Å². The van der Waals surface area contributed by atoms with E-state index in [0.717, 1.165) is 34.9 Å². The van der Waals surface area contributed by atoms with Crippen molar-refractivity contribution in [1.82, 2.24) is 0 Å². The van der Waals surface area contributed by atoms with Gasteiger partial charge in [0.2, 0.25) is 0 Å². The lowest BCUT2D eigenvalue weighted by Crippen LogP contribution is -2.43. The minimum Gasteiger partial charge on any atom is -0.390 e. The van der Waals surface area contributed by atoms with E-state index in [0.29, 0.717) is 13.0 Å². The van der Waals surface area contributed by atoms with E-state index in [2.05, 4.69) is 0 Å². The Morgan fingerprint density at radius 1 is 1.47 bits per heavy atom. The molecule has 4 heteroatoms. The Morgan fingerprint density at radius 2 is 2.18 bits per heavy atom. The second-order valence-corrected chi connectivity index (χ2v) is 6.43. The molecule has 0 aliphatic heterocycles. The Labute approximate surface area is 112 Å². The Hall–Kier alpha value is -0.0900. The van der Waals surface area contributed by atoms with Crippen molar-refractivity contribution < 1.29 is 9.84 Å². The molecular formula is C13H19ClO2S. The fraction of sp³-hybridized carbons (Fsp3) is 0.692. The quantitative estimate of drug-likeness (QED) is 0.888. The zero-order chi connectivity index (χ0) is 12.3. The maximum atomic E-state index is 10.4. The molecule has 1 aliphatic rings. The summed E-state index contributed by atoms with van der Waals surface area (Å²) < 4.78 is 6.63. The van der Waals surface area contributed by atoms with Gasteiger partial charge in [-0.05, 0) is 31.9 Å². The van der Waals surface area contributed by atoms with Crippen LogP contribution in [0.5, 0.6) is 0 Å². The van der Waals surface area contributed by atoms with Crippen molar-refractivity contribution in [2.45, 2.75) is 50.7 Å². The fourth-order valence-corrected chi connectivity index (χ4v) is 3.80. The minimum absolute atomic E-state index is 0.314. The van der Waals surface area contributed by atoms with E-state index < -0.39 is 6.10 Å². The Kier molecular flexibility index (Phi) is 4.47. The summed E-state index contributed by atoms with van der Waals surface area (Å²) in [5.74, 6) is 0. The van der Waals surface area contributed by atoms with Crippen LogP contribution in [0.25, 0.3) is 0 Å². The van der Waals surface area contributed by atoms with Crippen LogP contribution in [0.2, 0.25) is 4.34 Å². The zero-order valence-electron chi connectivity index (χ0n) is 10.1. The molecule has 1 aromatic heterocycles. The second kappa shape index (κ2) is 5.70. The van der Waals surface area contributed by atoms with E-state index in [4.69, 9.17) is 16.3 Å². The van der Waals surface area contributed by atoms with Gasteiger partial charge in [-0.25, -0.2) is 0 Å². The molecule has 2 nitrogen and oxygen atoms in total. The molecule has 2 rings (SSSR count). The number of halogens is 1. The molecule has 1 atom stereocenters. The van der Waals surface area contributed by atoms with E-state index in [-0.39, 0.29) is 5.60 Å². The smallest absolute Gasteiger partial charge is 0.0943 e. The molecule has 1 unspecified atom stereocenters. The lowest BCUT2D eigenvalue weighted by molar-refractivity contribution is -0.115. The number of hydrogen-bond acceptors (Lipinski definition) is 3. The first-order chi connectivity index (χ1) is 8.16. The van der Waals surface area contributed by atoms with Crippen LogP contribution in [0.3, 0.4) is 0 Å². The van der Waals surface area contributed by atoms with Crippen molar-refractivity contribution >= 4 is 22.9 Å². The normalized spacial score (nSPS) is 20.6. The summed E-state index contributed by atoms with van der Waals surface area (Å²) in [5.41, 5.74) is -0.314. The third-order valence-corrected chi connectivity index (χ3v) is 4.77. The lowest BCUT2D eigenvalue weighted by Gasteiger charge is -2.34. The number of thiophene rings is 1. The van der Waals surface area contributed by atoms with Crippen LogP contribution in [-0.4, -0.2) is 23.4 Å². The van der Waals surface area contributed by atoms with Gasteiger partial charge in [0, 0.05) is 17.9 Å². The van der Waals surface area contributed by atoms with Crippen molar-refractivity contribution in [3.8, 4) is 0 Å². The highest BCUT2D eigenvalue weighted by Crippen LogP contribution is 2.38. The van der Waals surface area contributed by atoms with E-state index >= 15 is 0 Å². The van der Waals surface area contributed by atoms with Gasteiger partial charge in [-0.2, -0.15) is 0 Å². The first-order valence-corrected chi connectivity index (χ1v) is 7.42. The first kappa shape index (κ1) is 13.3. The largest absolute Gasteiger partial charge is 0.390 e. The maximum absolute atomic E-state index is 10.4. The van der Waals surface area contributed by atoms with Crippen molar-refractivity contribution in [2.75, 3.05) is 6.61 Å². The summed E-state index contributed by atoms with van der Waals surface area (Å²) in [4.78, 5) is 1.13. The van der Waals surface area contributed by atoms with Gasteiger partial charge in [0.25, 0.3) is 0 Å². The van der Waals surface area contributed by atoms with Gasteiger partial charge in [-0.1, -0.05) is 24.4 Å². The van der Waals surface area contributed by atoms with Crippen LogP contribution in [0, 0.1) is 0 Å². The third kappa shape index (κ3) is 3.02. The van der Waals surface area contributed by atoms with Crippen LogP contribution in [0.15, 0.2) is 12.1 Å². The van der Waals surface area contributed by atoms with Gasteiger partial charge >= 0.3 is 0 Å². The van der Waals surface area contributed by atoms with E-state index in [1.165, 1.54) is 0 Å². The van der Waals surface area contributed by atoms with Crippen LogP contribution < -0.4 is 0 Å². The van der Waals surface area contributed by atoms with Crippen LogP contribution in [0.4, 0.5) is 0 Å². The molecule has 1 saturated carbocycles. The topological polar surface area (TPSA) is 29.5 Å². The van der Waals surface area contributed by atoms with Crippen LogP contribution >= 0.6 is 22.9 Å².